The molecule has 9 N–H and O–H groups in total. The van der Waals surface area contributed by atoms with E-state index in [1.807, 2.05) is 148 Å². The third-order valence-corrected chi connectivity index (χ3v) is 18.5. The fourth-order valence-electron chi connectivity index (χ4n) is 11.8. The van der Waals surface area contributed by atoms with E-state index in [1.165, 1.54) is 71.1 Å². The van der Waals surface area contributed by atoms with E-state index in [4.69, 9.17) is 14.2 Å². The maximum atomic E-state index is 14.1. The highest BCUT2D eigenvalue weighted by molar-refractivity contribution is 5.94. The average Bonchev–Trinajstić information content (AvgIpc) is 0.836. The third-order valence-electron chi connectivity index (χ3n) is 18.5. The van der Waals surface area contributed by atoms with E-state index in [0.717, 1.165) is 101 Å². The minimum atomic E-state index is -1.24. The van der Waals surface area contributed by atoms with Gasteiger partial charge < -0.3 is 61.9 Å². The lowest BCUT2D eigenvalue weighted by molar-refractivity contribution is -0.114. The summed E-state index contributed by atoms with van der Waals surface area (Å²) in [6, 6.07) is 30.2. The smallest absolute Gasteiger partial charge is 0.230 e. The van der Waals surface area contributed by atoms with E-state index >= 15 is 0 Å². The fraction of sp³-hybridized carbons (Fsp3) is 0.231. The Morgan fingerprint density at radius 3 is 1.00 bits per heavy atom. The first-order valence-electron chi connectivity index (χ1n) is 38.4. The lowest BCUT2D eigenvalue weighted by Gasteiger charge is -2.16. The van der Waals surface area contributed by atoms with Crippen LogP contribution in [0.3, 0.4) is 0 Å². The zero-order valence-electron chi connectivity index (χ0n) is 70.6. The molecule has 122 heavy (non-hydrogen) atoms. The molecule has 0 saturated heterocycles. The van der Waals surface area contributed by atoms with Gasteiger partial charge in [0.15, 0.2) is 23.1 Å². The van der Waals surface area contributed by atoms with Gasteiger partial charge in [-0.2, -0.15) is 25.0 Å². The van der Waals surface area contributed by atoms with E-state index < -0.39 is 12.8 Å². The number of alkyl halides is 2. The monoisotopic (exact) mass is 1650 g/mol. The number of carbonyl (C=O) groups excluding carboxylic acids is 4. The van der Waals surface area contributed by atoms with E-state index in [-0.39, 0.29) is 67.3 Å². The van der Waals surface area contributed by atoms with Gasteiger partial charge in [-0.3, -0.25) is 23.9 Å². The highest BCUT2D eigenvalue weighted by Crippen LogP contribution is 2.35. The molecule has 1 unspecified atom stereocenters. The van der Waals surface area contributed by atoms with E-state index in [9.17, 15) is 33.1 Å². The number of aromatic nitrogens is 13. The lowest BCUT2D eigenvalue weighted by Crippen LogP contribution is -2.07. The van der Waals surface area contributed by atoms with Gasteiger partial charge in [0.1, 0.15) is 41.9 Å². The number of aryl methyl sites for hydroxylation is 10. The number of ketones is 4. The van der Waals surface area contributed by atoms with Gasteiger partial charge in [0.05, 0.1) is 50.7 Å². The van der Waals surface area contributed by atoms with Crippen LogP contribution in [0.4, 0.5) is 101 Å². The molecule has 12 aromatic rings. The number of hydrogen-bond donors (Lipinski definition) is 9. The van der Waals surface area contributed by atoms with Crippen molar-refractivity contribution in [3.05, 3.63) is 280 Å². The molecule has 630 valence electrons. The number of carbonyl (C=O) groups is 4. The molecule has 0 bridgehead atoms. The second-order valence-corrected chi connectivity index (χ2v) is 28.2. The van der Waals surface area contributed by atoms with Crippen LogP contribution in [0.25, 0.3) is 0 Å². The number of ether oxygens (including phenoxy) is 3. The number of rotatable bonds is 34. The zero-order valence-corrected chi connectivity index (χ0v) is 70.6. The van der Waals surface area contributed by atoms with Crippen molar-refractivity contribution in [3.8, 4) is 17.6 Å². The summed E-state index contributed by atoms with van der Waals surface area (Å²) in [5.74, 6) is 5.45. The van der Waals surface area contributed by atoms with Crippen LogP contribution in [0, 0.1) is 62.3 Å². The Morgan fingerprint density at radius 2 is 0.705 bits per heavy atom. The molecule has 29 nitrogen and oxygen atoms in total. The van der Waals surface area contributed by atoms with Crippen LogP contribution >= 0.6 is 0 Å². The number of nitrogens with zero attached hydrogens (tertiary/aromatic N) is 13. The number of pyridine rings is 3. The van der Waals surface area contributed by atoms with Gasteiger partial charge in [-0.25, -0.2) is 43.7 Å². The van der Waals surface area contributed by atoms with E-state index in [1.54, 1.807) is 47.7 Å². The molecule has 0 fully saturated rings. The van der Waals surface area contributed by atoms with E-state index in [2.05, 4.69) is 129 Å². The molecule has 0 radical (unpaired) electrons. The Bertz CT molecular complexity index is 5640. The molecule has 0 aliphatic rings. The number of benzene rings is 4. The van der Waals surface area contributed by atoms with Crippen molar-refractivity contribution >= 4 is 116 Å². The average molecular weight is 1650 g/mol. The van der Waals surface area contributed by atoms with Crippen LogP contribution in [0.1, 0.15) is 102 Å². The Morgan fingerprint density at radius 1 is 0.402 bits per heavy atom. The van der Waals surface area contributed by atoms with Gasteiger partial charge in [-0.1, -0.05) is 97.1 Å². The van der Waals surface area contributed by atoms with Gasteiger partial charge >= 0.3 is 0 Å². The first-order valence-corrected chi connectivity index (χ1v) is 38.4. The topological polar surface area (TPSA) is 372 Å². The molecule has 0 amide bonds. The molecule has 8 aromatic heterocycles. The number of anilines is 16. The number of aliphatic hydroxyl groups excluding tert-OH is 1. The highest BCUT2D eigenvalue weighted by Gasteiger charge is 2.20. The predicted molar refractivity (Wildman–Crippen MR) is 474 cm³/mol. The SMILES string of the molecule is C=CC(=O)Cc1cc(C)ccc1Nc1nc(Nc2cc(C)nn2C)ncc1C.C=CC(=O)Cc1cc(C)ccc1Nc1nc(Nc2cc(OC)ncc2C(C)F)ncc1C.C=CC(=O)Cc1cc(C)ccc1Nc1nc(Nc2cc(OC)ncc2CF)ncc1C.C=CC(=O)Cc1cc(C)ccc1Nc1nc(Nc2cc(OC)ncc2CO)ncc1C. The minimum absolute atomic E-state index is 0.0259. The maximum Gasteiger partial charge on any atom is 0.230 e. The normalized spacial score (nSPS) is 10.8. The maximum absolute atomic E-state index is 14.1. The number of halogens is 2. The summed E-state index contributed by atoms with van der Waals surface area (Å²) in [6.07, 6.45) is 16.2. The first kappa shape index (κ1) is 91.0. The first-order chi connectivity index (χ1) is 58.5. The van der Waals surface area contributed by atoms with Crippen LogP contribution in [0.15, 0.2) is 191 Å². The second-order valence-electron chi connectivity index (χ2n) is 28.2. The Balaban J connectivity index is 0.000000185. The predicted octanol–water partition coefficient (Wildman–Crippen LogP) is 17.8. The number of methoxy groups -OCH3 is 3. The molecule has 1 atom stereocenters. The van der Waals surface area contributed by atoms with Crippen LogP contribution < -0.4 is 56.7 Å². The quantitative estimate of drug-likeness (QED) is 0.0169. The lowest BCUT2D eigenvalue weighted by atomic mass is 10.0. The molecule has 12 rings (SSSR count). The number of hydrogen-bond acceptors (Lipinski definition) is 28. The van der Waals surface area contributed by atoms with Crippen molar-refractivity contribution in [2.24, 2.45) is 7.05 Å². The van der Waals surface area contributed by atoms with Gasteiger partial charge in [-0.05, 0) is 140 Å². The van der Waals surface area contributed by atoms with Crippen LogP contribution in [-0.2, 0) is 65.2 Å². The van der Waals surface area contributed by atoms with Crippen molar-refractivity contribution in [1.29, 1.82) is 0 Å². The van der Waals surface area contributed by atoms with Crippen molar-refractivity contribution in [1.82, 2.24) is 64.6 Å². The summed E-state index contributed by atoms with van der Waals surface area (Å²) in [5, 5.41) is 39.5. The molecule has 8 heterocycles. The highest BCUT2D eigenvalue weighted by atomic mass is 19.1. The summed E-state index contributed by atoms with van der Waals surface area (Å²) in [5.41, 5.74) is 18.0. The molecule has 31 heteroatoms. The van der Waals surface area contributed by atoms with E-state index in [0.29, 0.717) is 86.6 Å². The Labute approximate surface area is 707 Å². The Hall–Kier alpha value is -14.9. The van der Waals surface area contributed by atoms with Crippen LogP contribution in [0.5, 0.6) is 17.6 Å². The van der Waals surface area contributed by atoms with Gasteiger partial charge in [0, 0.05) is 162 Å². The Kier molecular flexibility index (Phi) is 32.5. The number of allylic oxidation sites excluding steroid dienone is 4. The molecule has 0 aliphatic carbocycles. The minimum Gasteiger partial charge on any atom is -0.481 e. The molecule has 0 spiro atoms. The third kappa shape index (κ3) is 25.8. The number of nitrogens with one attached hydrogen (secondary N) is 8. The summed E-state index contributed by atoms with van der Waals surface area (Å²) >= 11 is 0. The van der Waals surface area contributed by atoms with Crippen LogP contribution in [0.2, 0.25) is 0 Å². The summed E-state index contributed by atoms with van der Waals surface area (Å²) in [6.45, 7) is 32.2. The molecular formula is C91H99F2N21O8. The van der Waals surface area contributed by atoms with Gasteiger partial charge in [0.25, 0.3) is 0 Å². The number of aliphatic hydroxyl groups is 1. The van der Waals surface area contributed by atoms with Gasteiger partial charge in [0.2, 0.25) is 41.4 Å². The summed E-state index contributed by atoms with van der Waals surface area (Å²) < 4.78 is 44.6. The van der Waals surface area contributed by atoms with Crippen molar-refractivity contribution < 1.29 is 47.3 Å². The molecule has 0 saturated carbocycles. The summed E-state index contributed by atoms with van der Waals surface area (Å²) in [7, 11) is 6.36. The van der Waals surface area contributed by atoms with Crippen molar-refractivity contribution in [2.75, 3.05) is 63.9 Å². The van der Waals surface area contributed by atoms with Crippen molar-refractivity contribution in [3.63, 3.8) is 0 Å². The largest absolute Gasteiger partial charge is 0.481 e. The van der Waals surface area contributed by atoms with Crippen LogP contribution in [-0.4, -0.2) is 114 Å². The zero-order chi connectivity index (χ0) is 88.3. The van der Waals surface area contributed by atoms with Gasteiger partial charge in [-0.15, -0.1) is 0 Å². The standard InChI is InChI=1S/C24H26FN5O2.C23H24FN5O2.C23H25N5O3.C21H24N6O/c1-6-18(31)10-17-9-14(2)7-8-20(17)28-23-15(3)12-27-24(30-23)29-21-11-22(32-5)26-13-19(21)16(4)25;1-5-18(30)9-16-8-14(2)6-7-19(16)27-22-15(3)12-26-23(29-22)28-20-10-21(31-4)25-13-17(20)11-24;1-5-18(30)9-16-8-14(2)6-7-19(16)26-22-15(3)11-25-23(28-22)27-20-10-21(31-4)24-12-17(20)13-29;1-6-17(28)11-16-9-13(2)7-8-18(16)23-20-14(3)12-22-21(25-20)24-19-10-15(4)26-27(19)5/h6-9,11-13,16H,1,10H2,2-5H3,(H2,26,27,28,29,30);5-8,10,12-13H,1,9,11H2,2-4H3,(H2,25,26,27,28,29);5-8,10-12,29H,1,9,13H2,2-4H3,(H2,24,25,26,27,28);6-10,12H,1,11H2,2-5H3,(H2,22,23,24,25). The second kappa shape index (κ2) is 43.5. The molecule has 0 aliphatic heterocycles. The molecule has 4 aromatic carbocycles. The summed E-state index contributed by atoms with van der Waals surface area (Å²) in [4.78, 5) is 95.4. The fourth-order valence-corrected chi connectivity index (χ4v) is 11.8. The van der Waals surface area contributed by atoms with Crippen molar-refractivity contribution in [2.45, 2.75) is 114 Å². The molecular weight excluding hydrogens is 1550 g/mol.